The van der Waals surface area contributed by atoms with E-state index in [-0.39, 0.29) is 5.91 Å². The molecular formula is C20H27N3O2. The van der Waals surface area contributed by atoms with Gasteiger partial charge in [0.1, 0.15) is 5.82 Å². The lowest BCUT2D eigenvalue weighted by Gasteiger charge is -2.32. The highest BCUT2D eigenvalue weighted by atomic mass is 16.5. The van der Waals surface area contributed by atoms with Gasteiger partial charge in [0, 0.05) is 51.5 Å². The van der Waals surface area contributed by atoms with Gasteiger partial charge < -0.3 is 14.2 Å². The standard InChI is InChI=1S/C20H27N3O2/c1-22-13-11-21-20(22)18-9-5-12-23(15-18)19(24)10-6-14-25-16-17-7-3-2-4-8-17/h2-4,7-8,11,13,18H,5-6,9-10,12,14-16H2,1H3/t18-/m1/s1. The average Bonchev–Trinajstić information content (AvgIpc) is 3.08. The van der Waals surface area contributed by atoms with Crippen molar-refractivity contribution in [3.63, 3.8) is 0 Å². The highest BCUT2D eigenvalue weighted by Crippen LogP contribution is 2.25. The minimum atomic E-state index is 0.238. The highest BCUT2D eigenvalue weighted by molar-refractivity contribution is 5.76. The molecule has 1 aliphatic rings. The second-order valence-corrected chi connectivity index (χ2v) is 6.72. The van der Waals surface area contributed by atoms with Crippen molar-refractivity contribution in [1.29, 1.82) is 0 Å². The summed E-state index contributed by atoms with van der Waals surface area (Å²) in [5, 5.41) is 0. The number of amides is 1. The van der Waals surface area contributed by atoms with Crippen LogP contribution in [0.5, 0.6) is 0 Å². The lowest BCUT2D eigenvalue weighted by atomic mass is 9.97. The van der Waals surface area contributed by atoms with Gasteiger partial charge in [0.05, 0.1) is 6.61 Å². The third-order valence-electron chi connectivity index (χ3n) is 4.79. The fourth-order valence-electron chi connectivity index (χ4n) is 3.43. The molecule has 2 heterocycles. The monoisotopic (exact) mass is 341 g/mol. The molecule has 1 atom stereocenters. The SMILES string of the molecule is Cn1ccnc1[C@@H]1CCCN(C(=O)CCCOCc2ccccc2)C1. The Morgan fingerprint density at radius 2 is 2.16 bits per heavy atom. The Morgan fingerprint density at radius 3 is 2.92 bits per heavy atom. The number of ether oxygens (including phenoxy) is 1. The van der Waals surface area contributed by atoms with Crippen LogP contribution < -0.4 is 0 Å². The molecule has 1 aromatic carbocycles. The molecule has 1 saturated heterocycles. The van der Waals surface area contributed by atoms with E-state index in [0.29, 0.717) is 25.6 Å². The van der Waals surface area contributed by atoms with E-state index in [0.717, 1.165) is 38.2 Å². The predicted molar refractivity (Wildman–Crippen MR) is 97.1 cm³/mol. The quantitative estimate of drug-likeness (QED) is 0.727. The van der Waals surface area contributed by atoms with Crippen LogP contribution >= 0.6 is 0 Å². The third kappa shape index (κ3) is 4.92. The Kier molecular flexibility index (Phi) is 6.23. The van der Waals surface area contributed by atoms with E-state index in [1.54, 1.807) is 0 Å². The molecule has 1 fully saturated rings. The summed E-state index contributed by atoms with van der Waals surface area (Å²) in [6.07, 6.45) is 7.29. The Morgan fingerprint density at radius 1 is 1.32 bits per heavy atom. The zero-order chi connectivity index (χ0) is 17.5. The predicted octanol–water partition coefficient (Wildman–Crippen LogP) is 3.12. The third-order valence-corrected chi connectivity index (χ3v) is 4.79. The fraction of sp³-hybridized carbons (Fsp3) is 0.500. The van der Waals surface area contributed by atoms with Crippen LogP contribution in [0.3, 0.4) is 0 Å². The van der Waals surface area contributed by atoms with Crippen LogP contribution in [-0.4, -0.2) is 40.1 Å². The second kappa shape index (κ2) is 8.81. The number of carbonyl (C=O) groups excluding carboxylic acids is 1. The van der Waals surface area contributed by atoms with Crippen molar-refractivity contribution in [2.75, 3.05) is 19.7 Å². The zero-order valence-electron chi connectivity index (χ0n) is 14.9. The van der Waals surface area contributed by atoms with Gasteiger partial charge in [0.15, 0.2) is 0 Å². The number of likely N-dealkylation sites (tertiary alicyclic amines) is 1. The zero-order valence-corrected chi connectivity index (χ0v) is 14.9. The lowest BCUT2D eigenvalue weighted by molar-refractivity contribution is -0.132. The number of aryl methyl sites for hydroxylation is 1. The van der Waals surface area contributed by atoms with Gasteiger partial charge >= 0.3 is 0 Å². The van der Waals surface area contributed by atoms with E-state index in [1.807, 2.05) is 42.5 Å². The second-order valence-electron chi connectivity index (χ2n) is 6.72. The molecule has 0 bridgehead atoms. The molecule has 1 aliphatic heterocycles. The number of aromatic nitrogens is 2. The smallest absolute Gasteiger partial charge is 0.222 e. The van der Waals surface area contributed by atoms with Gasteiger partial charge in [-0.1, -0.05) is 30.3 Å². The number of imidazole rings is 1. The summed E-state index contributed by atoms with van der Waals surface area (Å²) >= 11 is 0. The van der Waals surface area contributed by atoms with Crippen molar-refractivity contribution in [1.82, 2.24) is 14.5 Å². The summed E-state index contributed by atoms with van der Waals surface area (Å²) in [5.74, 6) is 1.68. The number of benzene rings is 1. The van der Waals surface area contributed by atoms with Gasteiger partial charge in [-0.2, -0.15) is 0 Å². The topological polar surface area (TPSA) is 47.4 Å². The van der Waals surface area contributed by atoms with Gasteiger partial charge in [0.2, 0.25) is 5.91 Å². The molecule has 3 rings (SSSR count). The molecule has 2 aromatic rings. The van der Waals surface area contributed by atoms with E-state index in [4.69, 9.17) is 4.74 Å². The molecular weight excluding hydrogens is 314 g/mol. The first-order valence-corrected chi connectivity index (χ1v) is 9.10. The highest BCUT2D eigenvalue weighted by Gasteiger charge is 2.26. The minimum absolute atomic E-state index is 0.238. The van der Waals surface area contributed by atoms with Gasteiger partial charge in [-0.25, -0.2) is 4.98 Å². The molecule has 0 radical (unpaired) electrons. The summed E-state index contributed by atoms with van der Waals surface area (Å²) in [6, 6.07) is 10.1. The number of rotatable bonds is 7. The largest absolute Gasteiger partial charge is 0.377 e. The fourth-order valence-corrected chi connectivity index (χ4v) is 3.43. The molecule has 134 valence electrons. The Balaban J connectivity index is 1.38. The average molecular weight is 341 g/mol. The van der Waals surface area contributed by atoms with Gasteiger partial charge in [0.25, 0.3) is 0 Å². The number of nitrogens with zero attached hydrogens (tertiary/aromatic N) is 3. The number of piperidine rings is 1. The summed E-state index contributed by atoms with van der Waals surface area (Å²) in [5.41, 5.74) is 1.17. The van der Waals surface area contributed by atoms with Crippen LogP contribution in [0.2, 0.25) is 0 Å². The molecule has 0 N–H and O–H groups in total. The summed E-state index contributed by atoms with van der Waals surface area (Å²) in [6.45, 7) is 2.89. The van der Waals surface area contributed by atoms with Crippen LogP contribution in [0.15, 0.2) is 42.7 Å². The van der Waals surface area contributed by atoms with Crippen molar-refractivity contribution in [3.05, 3.63) is 54.1 Å². The van der Waals surface area contributed by atoms with Crippen LogP contribution in [-0.2, 0) is 23.2 Å². The van der Waals surface area contributed by atoms with Crippen molar-refractivity contribution in [2.24, 2.45) is 7.05 Å². The molecule has 0 unspecified atom stereocenters. The van der Waals surface area contributed by atoms with E-state index in [1.165, 1.54) is 5.56 Å². The van der Waals surface area contributed by atoms with Crippen LogP contribution in [0, 0.1) is 0 Å². The molecule has 0 saturated carbocycles. The first kappa shape index (κ1) is 17.7. The molecule has 0 aliphatic carbocycles. The Bertz CT molecular complexity index is 669. The molecule has 1 aromatic heterocycles. The van der Waals surface area contributed by atoms with Crippen molar-refractivity contribution in [2.45, 2.75) is 38.2 Å². The van der Waals surface area contributed by atoms with E-state index in [9.17, 15) is 4.79 Å². The summed E-state index contributed by atoms with van der Waals surface area (Å²) in [7, 11) is 2.02. The summed E-state index contributed by atoms with van der Waals surface area (Å²) < 4.78 is 7.73. The molecule has 25 heavy (non-hydrogen) atoms. The van der Waals surface area contributed by atoms with E-state index in [2.05, 4.69) is 21.7 Å². The Labute approximate surface area is 149 Å². The van der Waals surface area contributed by atoms with Crippen molar-refractivity contribution < 1.29 is 9.53 Å². The van der Waals surface area contributed by atoms with Crippen LogP contribution in [0.4, 0.5) is 0 Å². The van der Waals surface area contributed by atoms with Crippen molar-refractivity contribution >= 4 is 5.91 Å². The maximum atomic E-state index is 12.5. The normalized spacial score (nSPS) is 17.6. The number of hydrogen-bond acceptors (Lipinski definition) is 3. The Hall–Kier alpha value is -2.14. The van der Waals surface area contributed by atoms with Gasteiger partial charge in [-0.05, 0) is 24.8 Å². The minimum Gasteiger partial charge on any atom is -0.377 e. The summed E-state index contributed by atoms with van der Waals surface area (Å²) in [4.78, 5) is 18.9. The van der Waals surface area contributed by atoms with E-state index >= 15 is 0 Å². The van der Waals surface area contributed by atoms with Crippen molar-refractivity contribution in [3.8, 4) is 0 Å². The first-order valence-electron chi connectivity index (χ1n) is 9.10. The van der Waals surface area contributed by atoms with Gasteiger partial charge in [-0.3, -0.25) is 4.79 Å². The lowest BCUT2D eigenvalue weighted by Crippen LogP contribution is -2.39. The van der Waals surface area contributed by atoms with Crippen LogP contribution in [0.25, 0.3) is 0 Å². The van der Waals surface area contributed by atoms with Gasteiger partial charge in [-0.15, -0.1) is 0 Å². The number of hydrogen-bond donors (Lipinski definition) is 0. The molecule has 0 spiro atoms. The molecule has 1 amide bonds. The number of carbonyl (C=O) groups is 1. The van der Waals surface area contributed by atoms with E-state index < -0.39 is 0 Å². The molecule has 5 heteroatoms. The maximum absolute atomic E-state index is 12.5. The molecule has 5 nitrogen and oxygen atoms in total. The first-order chi connectivity index (χ1) is 12.2. The van der Waals surface area contributed by atoms with Crippen LogP contribution in [0.1, 0.15) is 43.0 Å². The maximum Gasteiger partial charge on any atom is 0.222 e.